The van der Waals surface area contributed by atoms with E-state index in [0.29, 0.717) is 0 Å². The van der Waals surface area contributed by atoms with E-state index in [1.54, 1.807) is 0 Å². The summed E-state index contributed by atoms with van der Waals surface area (Å²) in [5.74, 6) is -0.424. The van der Waals surface area contributed by atoms with Gasteiger partial charge in [0.15, 0.2) is 5.78 Å². The standard InChI is InChI=1S/C6H8NO3S/c7-6(10)4-11-3-5(9)1-2-8/h1,3-4H2,(H2,7,10). The number of carbonyl (C=O) groups is 2. The molecule has 61 valence electrons. The number of nitrogens with two attached hydrogens (primary N) is 1. The molecule has 0 bridgehead atoms. The number of ketones is 1. The zero-order chi connectivity index (χ0) is 8.69. The summed E-state index contributed by atoms with van der Waals surface area (Å²) in [5, 5.41) is 0. The van der Waals surface area contributed by atoms with Gasteiger partial charge >= 0.3 is 0 Å². The molecule has 0 aromatic carbocycles. The van der Waals surface area contributed by atoms with Gasteiger partial charge in [0.2, 0.25) is 12.2 Å². The Labute approximate surface area is 68.5 Å². The monoisotopic (exact) mass is 174 g/mol. The number of Topliss-reactive ketones (excluding diaryl/α,β-unsaturated/α-hetero) is 1. The molecule has 0 unspecified atom stereocenters. The third-order valence-corrected chi connectivity index (χ3v) is 1.79. The van der Waals surface area contributed by atoms with Crippen molar-refractivity contribution >= 4 is 29.7 Å². The third kappa shape index (κ3) is 7.05. The molecule has 5 heteroatoms. The number of primary amides is 1. The van der Waals surface area contributed by atoms with E-state index in [9.17, 15) is 14.4 Å². The van der Waals surface area contributed by atoms with Gasteiger partial charge in [-0.1, -0.05) is 0 Å². The van der Waals surface area contributed by atoms with Gasteiger partial charge in [0.05, 0.1) is 17.9 Å². The van der Waals surface area contributed by atoms with Crippen LogP contribution in [0.25, 0.3) is 0 Å². The Bertz CT molecular complexity index is 169. The van der Waals surface area contributed by atoms with E-state index in [2.05, 4.69) is 0 Å². The zero-order valence-corrected chi connectivity index (χ0v) is 6.65. The number of amides is 1. The number of thioether (sulfide) groups is 1. The summed E-state index contributed by atoms with van der Waals surface area (Å²) >= 11 is 1.11. The van der Waals surface area contributed by atoms with Crippen LogP contribution in [0.1, 0.15) is 6.42 Å². The predicted octanol–water partition coefficient (Wildman–Crippen LogP) is -0.726. The molecule has 1 amide bonds. The average Bonchev–Trinajstić information content (AvgIpc) is 1.87. The lowest BCUT2D eigenvalue weighted by Crippen LogP contribution is -2.14. The van der Waals surface area contributed by atoms with Crippen LogP contribution in [-0.4, -0.2) is 29.5 Å². The Morgan fingerprint density at radius 3 is 2.45 bits per heavy atom. The Balaban J connectivity index is 3.31. The molecule has 0 rings (SSSR count). The highest BCUT2D eigenvalue weighted by Gasteiger charge is 2.02. The molecule has 4 nitrogen and oxygen atoms in total. The summed E-state index contributed by atoms with van der Waals surface area (Å²) in [6.07, 6.45) is 1.27. The summed E-state index contributed by atoms with van der Waals surface area (Å²) in [5.41, 5.74) is 4.80. The van der Waals surface area contributed by atoms with E-state index in [1.165, 1.54) is 6.29 Å². The van der Waals surface area contributed by atoms with Crippen LogP contribution in [-0.2, 0) is 14.4 Å². The van der Waals surface area contributed by atoms with Crippen LogP contribution in [0.15, 0.2) is 0 Å². The third-order valence-electron chi connectivity index (χ3n) is 0.777. The van der Waals surface area contributed by atoms with E-state index < -0.39 is 5.91 Å². The molecule has 0 aliphatic rings. The van der Waals surface area contributed by atoms with Gasteiger partial charge in [-0.05, 0) is 0 Å². The van der Waals surface area contributed by atoms with Gasteiger partial charge < -0.3 is 5.73 Å². The number of rotatable bonds is 6. The van der Waals surface area contributed by atoms with Gasteiger partial charge in [0, 0.05) is 0 Å². The van der Waals surface area contributed by atoms with E-state index in [4.69, 9.17) is 5.73 Å². The van der Waals surface area contributed by atoms with Crippen molar-refractivity contribution in [1.82, 2.24) is 0 Å². The first-order valence-electron chi connectivity index (χ1n) is 2.89. The topological polar surface area (TPSA) is 77.2 Å². The van der Waals surface area contributed by atoms with E-state index in [-0.39, 0.29) is 23.7 Å². The van der Waals surface area contributed by atoms with Gasteiger partial charge in [-0.3, -0.25) is 14.4 Å². The van der Waals surface area contributed by atoms with E-state index in [0.717, 1.165) is 11.8 Å². The second-order valence-corrected chi connectivity index (χ2v) is 2.80. The molecule has 0 fully saturated rings. The lowest BCUT2D eigenvalue weighted by molar-refractivity contribution is -0.115. The first-order valence-corrected chi connectivity index (χ1v) is 4.05. The van der Waals surface area contributed by atoms with Crippen molar-refractivity contribution in [3.05, 3.63) is 0 Å². The molecule has 0 saturated carbocycles. The number of carbonyl (C=O) groups excluding carboxylic acids is 3. The van der Waals surface area contributed by atoms with Crippen LogP contribution >= 0.6 is 11.8 Å². The molecular weight excluding hydrogens is 166 g/mol. The molecule has 1 radical (unpaired) electrons. The highest BCUT2D eigenvalue weighted by molar-refractivity contribution is 8.00. The number of hydrogen-bond acceptors (Lipinski definition) is 4. The van der Waals surface area contributed by atoms with Crippen LogP contribution in [0, 0.1) is 0 Å². The summed E-state index contributed by atoms with van der Waals surface area (Å²) in [6.45, 7) is 0. The molecule has 0 aromatic heterocycles. The Hall–Kier alpha value is -0.840. The highest BCUT2D eigenvalue weighted by atomic mass is 32.2. The Kier molecular flexibility index (Phi) is 5.46. The van der Waals surface area contributed by atoms with Crippen LogP contribution in [0.5, 0.6) is 0 Å². The average molecular weight is 174 g/mol. The second kappa shape index (κ2) is 5.91. The zero-order valence-electron chi connectivity index (χ0n) is 5.83. The minimum atomic E-state index is -0.460. The first kappa shape index (κ1) is 10.2. The first-order chi connectivity index (χ1) is 5.16. The fourth-order valence-corrected chi connectivity index (χ4v) is 1.03. The van der Waals surface area contributed by atoms with Gasteiger partial charge in [-0.15, -0.1) is 11.8 Å². The van der Waals surface area contributed by atoms with E-state index in [1.807, 2.05) is 0 Å². The summed E-state index contributed by atoms with van der Waals surface area (Å²) in [4.78, 5) is 30.4. The second-order valence-electron chi connectivity index (χ2n) is 1.82. The van der Waals surface area contributed by atoms with Gasteiger partial charge in [0.25, 0.3) is 0 Å². The Morgan fingerprint density at radius 2 is 2.00 bits per heavy atom. The van der Waals surface area contributed by atoms with E-state index >= 15 is 0 Å². The predicted molar refractivity (Wildman–Crippen MR) is 41.8 cm³/mol. The molecule has 11 heavy (non-hydrogen) atoms. The normalized spacial score (nSPS) is 9.09. The highest BCUT2D eigenvalue weighted by Crippen LogP contribution is 1.99. The van der Waals surface area contributed by atoms with Gasteiger partial charge in [0.1, 0.15) is 0 Å². The van der Waals surface area contributed by atoms with Crippen molar-refractivity contribution in [2.75, 3.05) is 11.5 Å². The molecule has 0 spiro atoms. The molecule has 2 N–H and O–H groups in total. The minimum Gasteiger partial charge on any atom is -0.369 e. The number of hydrogen-bond donors (Lipinski definition) is 1. The van der Waals surface area contributed by atoms with Gasteiger partial charge in [-0.2, -0.15) is 0 Å². The molecule has 0 aromatic rings. The molecule has 0 heterocycles. The Morgan fingerprint density at radius 1 is 1.36 bits per heavy atom. The SMILES string of the molecule is NC(=O)CSCC(=O)C[C]=O. The lowest BCUT2D eigenvalue weighted by atomic mass is 10.3. The van der Waals surface area contributed by atoms with Crippen LogP contribution in [0.2, 0.25) is 0 Å². The van der Waals surface area contributed by atoms with Crippen molar-refractivity contribution in [2.24, 2.45) is 5.73 Å². The van der Waals surface area contributed by atoms with Gasteiger partial charge in [-0.25, -0.2) is 0 Å². The maximum Gasteiger partial charge on any atom is 0.227 e. The summed E-state index contributed by atoms with van der Waals surface area (Å²) in [7, 11) is 0. The van der Waals surface area contributed by atoms with Crippen molar-refractivity contribution in [1.29, 1.82) is 0 Å². The van der Waals surface area contributed by atoms with Crippen molar-refractivity contribution in [3.63, 3.8) is 0 Å². The lowest BCUT2D eigenvalue weighted by Gasteiger charge is -1.93. The van der Waals surface area contributed by atoms with Crippen LogP contribution in [0.3, 0.4) is 0 Å². The van der Waals surface area contributed by atoms with Crippen LogP contribution in [0.4, 0.5) is 0 Å². The molecule has 0 atom stereocenters. The summed E-state index contributed by atoms with van der Waals surface area (Å²) in [6, 6.07) is 0. The van der Waals surface area contributed by atoms with Crippen LogP contribution < -0.4 is 5.73 Å². The van der Waals surface area contributed by atoms with Crippen molar-refractivity contribution < 1.29 is 14.4 Å². The fourth-order valence-electron chi connectivity index (χ4n) is 0.397. The molecule has 0 aliphatic heterocycles. The largest absolute Gasteiger partial charge is 0.369 e. The molecule has 0 saturated heterocycles. The smallest absolute Gasteiger partial charge is 0.227 e. The molecular formula is C6H8NO3S. The fraction of sp³-hybridized carbons (Fsp3) is 0.500. The van der Waals surface area contributed by atoms with Crippen molar-refractivity contribution in [3.8, 4) is 0 Å². The quantitative estimate of drug-likeness (QED) is 0.539. The maximum absolute atomic E-state index is 10.6. The molecule has 0 aliphatic carbocycles. The minimum absolute atomic E-state index is 0.116. The summed E-state index contributed by atoms with van der Waals surface area (Å²) < 4.78 is 0. The van der Waals surface area contributed by atoms with Crippen molar-refractivity contribution in [2.45, 2.75) is 6.42 Å². The maximum atomic E-state index is 10.6.